The maximum atomic E-state index is 5.25. The molecule has 210 valence electrons. The number of imidazole rings is 2. The first-order chi connectivity index (χ1) is 22.3. The normalized spacial score (nSPS) is 12.0. The SMILES string of the molecule is c1ccc(-c2nc3ccccc3nc2-n2c3ccccc3c3cc(-n4c5ccccc5n5c6ccccc6nc45)ccc32)cc1. The summed E-state index contributed by atoms with van der Waals surface area (Å²) in [6.45, 7) is 0. The number of aromatic nitrogens is 6. The lowest BCUT2D eigenvalue weighted by Crippen LogP contribution is -2.03. The molecule has 0 amide bonds. The van der Waals surface area contributed by atoms with E-state index in [1.165, 1.54) is 0 Å². The van der Waals surface area contributed by atoms with Gasteiger partial charge < -0.3 is 0 Å². The number of hydrogen-bond donors (Lipinski definition) is 0. The summed E-state index contributed by atoms with van der Waals surface area (Å²) in [5.41, 5.74) is 11.1. The molecule has 4 heterocycles. The minimum atomic E-state index is 0.812. The third-order valence-electron chi connectivity index (χ3n) is 8.83. The van der Waals surface area contributed by atoms with Gasteiger partial charge in [-0.05, 0) is 60.7 Å². The van der Waals surface area contributed by atoms with Crippen LogP contribution in [-0.4, -0.2) is 28.5 Å². The second kappa shape index (κ2) is 9.11. The predicted octanol–water partition coefficient (Wildman–Crippen LogP) is 9.14. The van der Waals surface area contributed by atoms with Crippen molar-refractivity contribution in [2.45, 2.75) is 0 Å². The van der Waals surface area contributed by atoms with Crippen LogP contribution >= 0.6 is 0 Å². The summed E-state index contributed by atoms with van der Waals surface area (Å²) in [5.74, 6) is 1.71. The monoisotopic (exact) mass is 576 g/mol. The average molecular weight is 577 g/mol. The molecule has 0 radical (unpaired) electrons. The summed E-state index contributed by atoms with van der Waals surface area (Å²) in [5, 5.41) is 2.30. The topological polar surface area (TPSA) is 52.9 Å². The molecule has 0 saturated heterocycles. The van der Waals surface area contributed by atoms with E-state index in [0.29, 0.717) is 0 Å². The Balaban J connectivity index is 1.29. The van der Waals surface area contributed by atoms with Gasteiger partial charge >= 0.3 is 0 Å². The van der Waals surface area contributed by atoms with Crippen molar-refractivity contribution in [2.24, 2.45) is 0 Å². The van der Waals surface area contributed by atoms with E-state index < -0.39 is 0 Å². The van der Waals surface area contributed by atoms with Crippen molar-refractivity contribution in [3.05, 3.63) is 146 Å². The maximum Gasteiger partial charge on any atom is 0.220 e. The Morgan fingerprint density at radius 1 is 0.400 bits per heavy atom. The van der Waals surface area contributed by atoms with Gasteiger partial charge in [-0.2, -0.15) is 0 Å². The Kier molecular flexibility index (Phi) is 4.90. The largest absolute Gasteiger partial charge is 0.292 e. The molecular weight excluding hydrogens is 552 g/mol. The van der Waals surface area contributed by atoms with Crippen molar-refractivity contribution in [2.75, 3.05) is 0 Å². The number of fused-ring (bicyclic) bond motifs is 9. The molecule has 0 saturated carbocycles. The lowest BCUT2D eigenvalue weighted by molar-refractivity contribution is 1.08. The average Bonchev–Trinajstić information content (AvgIpc) is 3.74. The Bertz CT molecular complexity index is 2770. The third kappa shape index (κ3) is 3.42. The number of nitrogens with zero attached hydrogens (tertiary/aromatic N) is 6. The molecule has 6 heteroatoms. The van der Waals surface area contributed by atoms with E-state index in [4.69, 9.17) is 15.0 Å². The molecular formula is C39H24N6. The van der Waals surface area contributed by atoms with E-state index in [-0.39, 0.29) is 0 Å². The zero-order valence-corrected chi connectivity index (χ0v) is 24.0. The summed E-state index contributed by atoms with van der Waals surface area (Å²) < 4.78 is 6.80. The van der Waals surface area contributed by atoms with E-state index >= 15 is 0 Å². The quantitative estimate of drug-likeness (QED) is 0.211. The molecule has 45 heavy (non-hydrogen) atoms. The highest BCUT2D eigenvalue weighted by atomic mass is 15.2. The van der Waals surface area contributed by atoms with Crippen LogP contribution in [0.5, 0.6) is 0 Å². The molecule has 4 aromatic heterocycles. The van der Waals surface area contributed by atoms with Crippen LogP contribution < -0.4 is 0 Å². The van der Waals surface area contributed by atoms with Crippen LogP contribution in [0.2, 0.25) is 0 Å². The van der Waals surface area contributed by atoms with Gasteiger partial charge in [0.05, 0.1) is 44.1 Å². The summed E-state index contributed by atoms with van der Waals surface area (Å²) in [6, 6.07) is 50.5. The summed E-state index contributed by atoms with van der Waals surface area (Å²) in [4.78, 5) is 15.5. The fourth-order valence-electron chi connectivity index (χ4n) is 6.87. The zero-order valence-electron chi connectivity index (χ0n) is 24.0. The molecule has 0 atom stereocenters. The predicted molar refractivity (Wildman–Crippen MR) is 182 cm³/mol. The van der Waals surface area contributed by atoms with Crippen molar-refractivity contribution in [1.82, 2.24) is 28.5 Å². The third-order valence-corrected chi connectivity index (χ3v) is 8.83. The zero-order chi connectivity index (χ0) is 29.5. The second-order valence-corrected chi connectivity index (χ2v) is 11.4. The van der Waals surface area contributed by atoms with E-state index in [9.17, 15) is 0 Å². The minimum absolute atomic E-state index is 0.812. The van der Waals surface area contributed by atoms with Crippen molar-refractivity contribution in [3.63, 3.8) is 0 Å². The van der Waals surface area contributed by atoms with Gasteiger partial charge in [0.2, 0.25) is 5.78 Å². The van der Waals surface area contributed by atoms with Crippen LogP contribution in [0.4, 0.5) is 0 Å². The number of hydrogen-bond acceptors (Lipinski definition) is 3. The highest BCUT2D eigenvalue weighted by molar-refractivity contribution is 6.10. The maximum absolute atomic E-state index is 5.25. The van der Waals surface area contributed by atoms with E-state index in [2.05, 4.69) is 123 Å². The van der Waals surface area contributed by atoms with Crippen LogP contribution in [-0.2, 0) is 0 Å². The summed E-state index contributed by atoms with van der Waals surface area (Å²) in [7, 11) is 0. The van der Waals surface area contributed by atoms with Gasteiger partial charge in [0.15, 0.2) is 5.82 Å². The van der Waals surface area contributed by atoms with Crippen molar-refractivity contribution in [1.29, 1.82) is 0 Å². The molecule has 10 rings (SSSR count). The lowest BCUT2D eigenvalue weighted by atomic mass is 10.1. The van der Waals surface area contributed by atoms with Gasteiger partial charge in [-0.25, -0.2) is 15.0 Å². The Morgan fingerprint density at radius 3 is 1.84 bits per heavy atom. The standard InChI is InChI=1S/C39H24N6/c1-2-12-25(13-3-1)37-38(41-30-16-6-5-15-29(30)40-37)44-32-18-8-4-14-27(32)28-24-26(22-23-33(28)44)43-35-20-10-11-21-36(35)45-34-19-9-7-17-31(34)42-39(43)45/h1-24H. The molecule has 0 bridgehead atoms. The van der Waals surface area contributed by atoms with Gasteiger partial charge in [0, 0.05) is 22.0 Å². The molecule has 6 aromatic carbocycles. The first kappa shape index (κ1) is 24.2. The Hall–Kier alpha value is -6.27. The molecule has 0 aliphatic rings. The second-order valence-electron chi connectivity index (χ2n) is 11.4. The fourth-order valence-corrected chi connectivity index (χ4v) is 6.87. The van der Waals surface area contributed by atoms with Crippen molar-refractivity contribution >= 4 is 60.7 Å². The van der Waals surface area contributed by atoms with E-state index in [0.717, 1.165) is 83.4 Å². The number of rotatable bonds is 3. The molecule has 10 aromatic rings. The van der Waals surface area contributed by atoms with Gasteiger partial charge in [0.25, 0.3) is 0 Å². The molecule has 0 fully saturated rings. The molecule has 6 nitrogen and oxygen atoms in total. The van der Waals surface area contributed by atoms with Crippen LogP contribution in [0.15, 0.2) is 146 Å². The summed E-state index contributed by atoms with van der Waals surface area (Å²) in [6.07, 6.45) is 0. The molecule has 0 unspecified atom stereocenters. The number of benzene rings is 6. The highest BCUT2D eigenvalue weighted by Gasteiger charge is 2.21. The smallest absolute Gasteiger partial charge is 0.220 e. The minimum Gasteiger partial charge on any atom is -0.292 e. The lowest BCUT2D eigenvalue weighted by Gasteiger charge is -2.14. The van der Waals surface area contributed by atoms with Gasteiger partial charge in [-0.3, -0.25) is 13.5 Å². The van der Waals surface area contributed by atoms with Gasteiger partial charge in [-0.1, -0.05) is 84.9 Å². The first-order valence-electron chi connectivity index (χ1n) is 15.1. The van der Waals surface area contributed by atoms with Gasteiger partial charge in [0.1, 0.15) is 5.69 Å². The van der Waals surface area contributed by atoms with Crippen molar-refractivity contribution in [3.8, 4) is 22.8 Å². The Morgan fingerprint density at radius 2 is 1.02 bits per heavy atom. The molecule has 0 spiro atoms. The van der Waals surface area contributed by atoms with Crippen molar-refractivity contribution < 1.29 is 0 Å². The molecule has 0 aliphatic carbocycles. The Labute approximate surface area is 257 Å². The van der Waals surface area contributed by atoms with Gasteiger partial charge in [-0.15, -0.1) is 0 Å². The van der Waals surface area contributed by atoms with Crippen LogP contribution in [0.1, 0.15) is 0 Å². The molecule has 0 aliphatic heterocycles. The summed E-state index contributed by atoms with van der Waals surface area (Å²) >= 11 is 0. The number of para-hydroxylation sites is 7. The first-order valence-corrected chi connectivity index (χ1v) is 15.1. The van der Waals surface area contributed by atoms with Crippen LogP contribution in [0, 0.1) is 0 Å². The van der Waals surface area contributed by atoms with Crippen LogP contribution in [0.3, 0.4) is 0 Å². The van der Waals surface area contributed by atoms with Crippen LogP contribution in [0.25, 0.3) is 83.4 Å². The fraction of sp³-hybridized carbons (Fsp3) is 0. The molecule has 0 N–H and O–H groups in total. The highest BCUT2D eigenvalue weighted by Crippen LogP contribution is 2.37. The van der Waals surface area contributed by atoms with E-state index in [1.807, 2.05) is 36.4 Å². The van der Waals surface area contributed by atoms with E-state index in [1.54, 1.807) is 0 Å².